The van der Waals surface area contributed by atoms with Crippen LogP contribution in [0.15, 0.2) is 88.8 Å². The number of anilines is 1. The minimum absolute atomic E-state index is 0.0238. The Kier molecular flexibility index (Phi) is 7.12. The van der Waals surface area contributed by atoms with Crippen molar-refractivity contribution in [1.82, 2.24) is 14.8 Å². The summed E-state index contributed by atoms with van der Waals surface area (Å²) < 4.78 is 33.3. The minimum Gasteiger partial charge on any atom is -0.497 e. The highest BCUT2D eigenvalue weighted by atomic mass is 35.5. The number of hydrogen-bond acceptors (Lipinski definition) is 6. The van der Waals surface area contributed by atoms with Crippen molar-refractivity contribution in [2.75, 3.05) is 12.4 Å². The first-order chi connectivity index (χ1) is 18.7. The Morgan fingerprint density at radius 1 is 1.00 bits per heavy atom. The van der Waals surface area contributed by atoms with Crippen molar-refractivity contribution in [2.24, 2.45) is 0 Å². The molecule has 0 saturated heterocycles. The molecule has 0 saturated carbocycles. The van der Waals surface area contributed by atoms with Crippen molar-refractivity contribution in [3.05, 3.63) is 95.3 Å². The van der Waals surface area contributed by atoms with E-state index in [1.807, 2.05) is 38.1 Å². The molecule has 0 atom stereocenters. The molecule has 39 heavy (non-hydrogen) atoms. The number of aryl methyl sites for hydroxylation is 2. The Bertz CT molecular complexity index is 1820. The average Bonchev–Trinajstić information content (AvgIpc) is 3.23. The second-order valence-electron chi connectivity index (χ2n) is 9.07. The van der Waals surface area contributed by atoms with Gasteiger partial charge in [-0.1, -0.05) is 41.4 Å². The summed E-state index contributed by atoms with van der Waals surface area (Å²) in [4.78, 5) is 17.6. The fraction of sp³-hybridized carbons (Fsp3) is 0.138. The van der Waals surface area contributed by atoms with Gasteiger partial charge < -0.3 is 10.1 Å². The van der Waals surface area contributed by atoms with Crippen LogP contribution in [-0.2, 0) is 21.2 Å². The molecular formula is C29H25ClN4O4S. The lowest BCUT2D eigenvalue weighted by atomic mass is 10.0. The van der Waals surface area contributed by atoms with Crippen LogP contribution in [0, 0.1) is 13.8 Å². The first-order valence-electron chi connectivity index (χ1n) is 12.0. The number of ether oxygens (including phenoxy) is 1. The first-order valence-corrected chi connectivity index (χ1v) is 13.9. The number of fused-ring (bicyclic) bond motifs is 1. The maximum absolute atomic E-state index is 13.2. The number of pyridine rings is 1. The number of methoxy groups -OCH3 is 1. The van der Waals surface area contributed by atoms with E-state index in [0.29, 0.717) is 10.7 Å². The number of amides is 1. The molecule has 2 heterocycles. The zero-order valence-corrected chi connectivity index (χ0v) is 23.0. The fourth-order valence-corrected chi connectivity index (χ4v) is 5.89. The fourth-order valence-electron chi connectivity index (χ4n) is 4.45. The topological polar surface area (TPSA) is 103 Å². The standard InChI is InChI=1S/C29H25ClN4O4S/c1-18-5-4-6-20(13-18)26-11-12-31-29-28(26)19(2)33-34(29)17-27(35)32-22-14-23(38-3)16-25(15-22)39(36,37)24-9-7-21(30)8-10-24/h4-16H,17H2,1-3H3,(H,32,35). The Morgan fingerprint density at radius 2 is 1.77 bits per heavy atom. The van der Waals surface area contributed by atoms with Crippen molar-refractivity contribution in [3.63, 3.8) is 0 Å². The number of nitrogens with one attached hydrogen (secondary N) is 1. The van der Waals surface area contributed by atoms with Crippen LogP contribution < -0.4 is 10.1 Å². The van der Waals surface area contributed by atoms with Gasteiger partial charge in [-0.2, -0.15) is 5.10 Å². The summed E-state index contributed by atoms with van der Waals surface area (Å²) in [5, 5.41) is 8.65. The van der Waals surface area contributed by atoms with Gasteiger partial charge in [0.2, 0.25) is 15.7 Å². The minimum atomic E-state index is -3.88. The number of halogens is 1. The molecule has 1 N–H and O–H groups in total. The summed E-state index contributed by atoms with van der Waals surface area (Å²) in [6, 6.07) is 20.3. The number of sulfone groups is 1. The van der Waals surface area contributed by atoms with Gasteiger partial charge in [0.15, 0.2) is 5.65 Å². The molecule has 0 spiro atoms. The quantitative estimate of drug-likeness (QED) is 0.268. The van der Waals surface area contributed by atoms with E-state index >= 15 is 0 Å². The third kappa shape index (κ3) is 5.36. The Balaban J connectivity index is 1.44. The molecule has 198 valence electrons. The molecule has 0 bridgehead atoms. The highest BCUT2D eigenvalue weighted by Gasteiger charge is 2.21. The van der Waals surface area contributed by atoms with Crippen LogP contribution in [0.5, 0.6) is 5.75 Å². The van der Waals surface area contributed by atoms with Crippen LogP contribution in [0.2, 0.25) is 5.02 Å². The summed E-state index contributed by atoms with van der Waals surface area (Å²) in [6.45, 7) is 3.80. The van der Waals surface area contributed by atoms with Gasteiger partial charge in [0.25, 0.3) is 0 Å². The normalized spacial score (nSPS) is 11.5. The summed E-state index contributed by atoms with van der Waals surface area (Å²) in [5.74, 6) is -0.115. The molecular weight excluding hydrogens is 536 g/mol. The number of carbonyl (C=O) groups excluding carboxylic acids is 1. The first kappa shape index (κ1) is 26.4. The van der Waals surface area contributed by atoms with Crippen molar-refractivity contribution < 1.29 is 17.9 Å². The molecule has 3 aromatic carbocycles. The van der Waals surface area contributed by atoms with Crippen LogP contribution in [0.1, 0.15) is 11.3 Å². The van der Waals surface area contributed by atoms with E-state index in [-0.39, 0.29) is 27.8 Å². The zero-order chi connectivity index (χ0) is 27.7. The second-order valence-corrected chi connectivity index (χ2v) is 11.5. The molecule has 0 radical (unpaired) electrons. The van der Waals surface area contributed by atoms with E-state index in [9.17, 15) is 13.2 Å². The Hall–Kier alpha value is -4.21. The number of rotatable bonds is 7. The third-order valence-electron chi connectivity index (χ3n) is 6.26. The predicted molar refractivity (Wildman–Crippen MR) is 151 cm³/mol. The lowest BCUT2D eigenvalue weighted by molar-refractivity contribution is -0.116. The summed E-state index contributed by atoms with van der Waals surface area (Å²) in [7, 11) is -2.46. The van der Waals surface area contributed by atoms with Gasteiger partial charge in [0, 0.05) is 28.4 Å². The lowest BCUT2D eigenvalue weighted by Gasteiger charge is -2.12. The highest BCUT2D eigenvalue weighted by Crippen LogP contribution is 2.31. The zero-order valence-electron chi connectivity index (χ0n) is 21.5. The largest absolute Gasteiger partial charge is 0.497 e. The van der Waals surface area contributed by atoms with Crippen LogP contribution in [0.3, 0.4) is 0 Å². The van der Waals surface area contributed by atoms with Crippen LogP contribution in [-0.4, -0.2) is 36.2 Å². The third-order valence-corrected chi connectivity index (χ3v) is 8.27. The van der Waals surface area contributed by atoms with Gasteiger partial charge in [-0.3, -0.25) is 4.79 Å². The molecule has 0 aliphatic heterocycles. The molecule has 0 fully saturated rings. The predicted octanol–water partition coefficient (Wildman–Crippen LogP) is 5.85. The van der Waals surface area contributed by atoms with E-state index < -0.39 is 15.7 Å². The molecule has 0 aliphatic carbocycles. The Morgan fingerprint density at radius 3 is 2.49 bits per heavy atom. The van der Waals surface area contributed by atoms with Crippen molar-refractivity contribution >= 4 is 44.1 Å². The maximum Gasteiger partial charge on any atom is 0.246 e. The van der Waals surface area contributed by atoms with E-state index in [1.165, 1.54) is 43.5 Å². The van der Waals surface area contributed by atoms with Crippen LogP contribution >= 0.6 is 11.6 Å². The molecule has 10 heteroatoms. The average molecular weight is 561 g/mol. The van der Waals surface area contributed by atoms with Crippen molar-refractivity contribution in [2.45, 2.75) is 30.2 Å². The molecule has 5 rings (SSSR count). The summed E-state index contributed by atoms with van der Waals surface area (Å²) in [5.41, 5.74) is 4.77. The summed E-state index contributed by atoms with van der Waals surface area (Å²) in [6.07, 6.45) is 1.70. The smallest absolute Gasteiger partial charge is 0.246 e. The number of benzene rings is 3. The second kappa shape index (κ2) is 10.5. The molecule has 8 nitrogen and oxygen atoms in total. The number of aromatic nitrogens is 3. The SMILES string of the molecule is COc1cc(NC(=O)Cn2nc(C)c3c(-c4cccc(C)c4)ccnc32)cc(S(=O)(=O)c2ccc(Cl)cc2)c1. The molecule has 2 aromatic heterocycles. The maximum atomic E-state index is 13.2. The molecule has 0 aliphatic rings. The van der Waals surface area contributed by atoms with Gasteiger partial charge in [-0.05, 0) is 67.4 Å². The molecule has 0 unspecified atom stereocenters. The van der Waals surface area contributed by atoms with Crippen molar-refractivity contribution in [3.8, 4) is 16.9 Å². The molecule has 1 amide bonds. The van der Waals surface area contributed by atoms with Gasteiger partial charge in [0.1, 0.15) is 12.3 Å². The monoisotopic (exact) mass is 560 g/mol. The van der Waals surface area contributed by atoms with E-state index in [4.69, 9.17) is 16.3 Å². The van der Waals surface area contributed by atoms with Gasteiger partial charge in [-0.15, -0.1) is 0 Å². The van der Waals surface area contributed by atoms with Crippen LogP contribution in [0.25, 0.3) is 22.2 Å². The van der Waals surface area contributed by atoms with Crippen molar-refractivity contribution in [1.29, 1.82) is 0 Å². The number of hydrogen-bond donors (Lipinski definition) is 1. The number of carbonyl (C=O) groups is 1. The van der Waals surface area contributed by atoms with Crippen LogP contribution in [0.4, 0.5) is 5.69 Å². The number of nitrogens with zero attached hydrogens (tertiary/aromatic N) is 3. The Labute approximate surface area is 231 Å². The highest BCUT2D eigenvalue weighted by molar-refractivity contribution is 7.91. The van der Waals surface area contributed by atoms with Gasteiger partial charge in [0.05, 0.1) is 22.6 Å². The van der Waals surface area contributed by atoms with Gasteiger partial charge in [-0.25, -0.2) is 18.1 Å². The van der Waals surface area contributed by atoms with E-state index in [2.05, 4.69) is 21.5 Å². The lowest BCUT2D eigenvalue weighted by Crippen LogP contribution is -2.20. The summed E-state index contributed by atoms with van der Waals surface area (Å²) >= 11 is 5.91. The van der Waals surface area contributed by atoms with E-state index in [1.54, 1.807) is 16.9 Å². The van der Waals surface area contributed by atoms with Gasteiger partial charge >= 0.3 is 0 Å². The molecule has 5 aromatic rings. The van der Waals surface area contributed by atoms with E-state index in [0.717, 1.165) is 27.8 Å².